The molecule has 0 spiro atoms. The van der Waals surface area contributed by atoms with E-state index in [-0.39, 0.29) is 12.0 Å². The number of hydrogen-bond acceptors (Lipinski definition) is 7. The molecule has 29 heavy (non-hydrogen) atoms. The third-order valence-electron chi connectivity index (χ3n) is 5.46. The van der Waals surface area contributed by atoms with Crippen molar-refractivity contribution in [3.8, 4) is 6.07 Å². The molecule has 1 saturated heterocycles. The van der Waals surface area contributed by atoms with Crippen LogP contribution in [0.3, 0.4) is 0 Å². The number of aryl methyl sites for hydroxylation is 1. The topological polar surface area (TPSA) is 102 Å². The van der Waals surface area contributed by atoms with E-state index in [1.807, 2.05) is 0 Å². The van der Waals surface area contributed by atoms with Gasteiger partial charge in [0.2, 0.25) is 5.95 Å². The summed E-state index contributed by atoms with van der Waals surface area (Å²) in [5.41, 5.74) is 0.766. The van der Waals surface area contributed by atoms with Crippen molar-refractivity contribution >= 4 is 17.4 Å². The fraction of sp³-hybridized carbons (Fsp3) is 0.600. The smallest absolute Gasteiger partial charge is 0.303 e. The van der Waals surface area contributed by atoms with E-state index in [1.165, 1.54) is 20.8 Å². The Morgan fingerprint density at radius 1 is 1.55 bits per heavy atom. The lowest BCUT2D eigenvalue weighted by atomic mass is 9.89. The van der Waals surface area contributed by atoms with Crippen LogP contribution in [0.4, 0.5) is 10.3 Å². The summed E-state index contributed by atoms with van der Waals surface area (Å²) in [5, 5.41) is 17.4. The fourth-order valence-corrected chi connectivity index (χ4v) is 3.52. The number of ether oxygens (including phenoxy) is 2. The van der Waals surface area contributed by atoms with Crippen LogP contribution in [0, 0.1) is 18.3 Å². The van der Waals surface area contributed by atoms with Crippen molar-refractivity contribution < 1.29 is 18.7 Å². The average molecular weight is 403 g/mol. The minimum Gasteiger partial charge on any atom is -0.458 e. The number of nitrogens with zero attached hydrogens (tertiary/aromatic N) is 4. The number of rotatable bonds is 5. The molecule has 2 aromatic rings. The Morgan fingerprint density at radius 2 is 2.28 bits per heavy atom. The Bertz CT molecular complexity index is 960. The maximum absolute atomic E-state index is 14.7. The second-order valence-electron chi connectivity index (χ2n) is 7.92. The molecule has 1 N–H and O–H groups in total. The maximum Gasteiger partial charge on any atom is 0.303 e. The van der Waals surface area contributed by atoms with Crippen LogP contribution in [-0.2, 0) is 14.3 Å². The number of alkyl halides is 1. The Labute approximate surface area is 169 Å². The normalized spacial score (nSPS) is 20.9. The van der Waals surface area contributed by atoms with Crippen LogP contribution in [-0.4, -0.2) is 51.6 Å². The second kappa shape index (κ2) is 7.95. The zero-order valence-electron chi connectivity index (χ0n) is 17.3. The van der Waals surface area contributed by atoms with Crippen molar-refractivity contribution in [3.63, 3.8) is 0 Å². The van der Waals surface area contributed by atoms with Gasteiger partial charge < -0.3 is 14.8 Å². The number of nitrogens with one attached hydrogen (secondary N) is 1. The van der Waals surface area contributed by atoms with Gasteiger partial charge in [0.1, 0.15) is 17.8 Å². The van der Waals surface area contributed by atoms with Crippen molar-refractivity contribution in [1.82, 2.24) is 14.6 Å². The Morgan fingerprint density at radius 3 is 2.90 bits per heavy atom. The molecule has 3 heterocycles. The van der Waals surface area contributed by atoms with E-state index < -0.39 is 17.7 Å². The van der Waals surface area contributed by atoms with Gasteiger partial charge in [0.05, 0.1) is 35.6 Å². The van der Waals surface area contributed by atoms with Crippen molar-refractivity contribution in [2.24, 2.45) is 0 Å². The van der Waals surface area contributed by atoms with Gasteiger partial charge in [-0.05, 0) is 32.8 Å². The summed E-state index contributed by atoms with van der Waals surface area (Å²) in [6.07, 6.45) is 1.78. The minimum absolute atomic E-state index is 0.212. The number of halogens is 1. The van der Waals surface area contributed by atoms with Crippen LogP contribution >= 0.6 is 0 Å². The number of carbonyl (C=O) groups is 1. The summed E-state index contributed by atoms with van der Waals surface area (Å²) in [6.45, 7) is 8.69. The standard InChI is InChI=1S/C20H26FN5O3/c1-11-14(8-22)18(12(2)20(4,5)21)26-16(11)9-23-19(25-26)24-15-6-7-28-10-17(15)29-13(3)27/h9,12,15,17H,6-7,10H2,1-5H3,(H,24,25). The van der Waals surface area contributed by atoms with Crippen LogP contribution < -0.4 is 5.32 Å². The first-order valence-electron chi connectivity index (χ1n) is 9.62. The van der Waals surface area contributed by atoms with E-state index in [2.05, 4.69) is 21.5 Å². The van der Waals surface area contributed by atoms with E-state index in [0.29, 0.717) is 47.9 Å². The number of anilines is 1. The molecule has 9 heteroatoms. The molecule has 0 aliphatic carbocycles. The molecule has 0 radical (unpaired) electrons. The highest BCUT2D eigenvalue weighted by molar-refractivity contribution is 5.66. The SMILES string of the molecule is CC(=O)OC1COCCC1Nc1ncc2c(C)c(C#N)c(C(C)C(C)(C)F)n2n1. The molecule has 156 valence electrons. The molecule has 2 aromatic heterocycles. The van der Waals surface area contributed by atoms with Gasteiger partial charge >= 0.3 is 5.97 Å². The molecule has 1 fully saturated rings. The lowest BCUT2D eigenvalue weighted by Crippen LogP contribution is -2.44. The van der Waals surface area contributed by atoms with E-state index in [1.54, 1.807) is 24.6 Å². The summed E-state index contributed by atoms with van der Waals surface area (Å²) in [4.78, 5) is 15.7. The first-order valence-corrected chi connectivity index (χ1v) is 9.62. The largest absolute Gasteiger partial charge is 0.458 e. The predicted octanol–water partition coefficient (Wildman–Crippen LogP) is 2.89. The summed E-state index contributed by atoms with van der Waals surface area (Å²) in [5.74, 6) is -0.631. The van der Waals surface area contributed by atoms with Crippen molar-refractivity contribution in [2.75, 3.05) is 18.5 Å². The van der Waals surface area contributed by atoms with E-state index >= 15 is 0 Å². The molecule has 0 saturated carbocycles. The highest BCUT2D eigenvalue weighted by Gasteiger charge is 2.33. The zero-order valence-corrected chi connectivity index (χ0v) is 17.3. The van der Waals surface area contributed by atoms with Crippen LogP contribution in [0.15, 0.2) is 6.20 Å². The Balaban J connectivity index is 2.01. The number of hydrogen-bond donors (Lipinski definition) is 1. The van der Waals surface area contributed by atoms with Crippen LogP contribution in [0.1, 0.15) is 56.9 Å². The summed E-state index contributed by atoms with van der Waals surface area (Å²) < 4.78 is 27.0. The molecule has 3 rings (SSSR count). The molecule has 0 amide bonds. The van der Waals surface area contributed by atoms with Gasteiger partial charge in [-0.2, -0.15) is 5.26 Å². The Kier molecular flexibility index (Phi) is 5.75. The highest BCUT2D eigenvalue weighted by atomic mass is 19.1. The first-order chi connectivity index (χ1) is 13.6. The van der Waals surface area contributed by atoms with Gasteiger partial charge in [0.25, 0.3) is 0 Å². The zero-order chi connectivity index (χ0) is 21.3. The van der Waals surface area contributed by atoms with Gasteiger partial charge in [0.15, 0.2) is 0 Å². The number of esters is 1. The number of aromatic nitrogens is 3. The number of carbonyl (C=O) groups excluding carboxylic acids is 1. The average Bonchev–Trinajstić information content (AvgIpc) is 2.92. The third kappa shape index (κ3) is 4.17. The molecule has 3 unspecified atom stereocenters. The molecular formula is C20H26FN5O3. The van der Waals surface area contributed by atoms with E-state index in [4.69, 9.17) is 9.47 Å². The third-order valence-corrected chi connectivity index (χ3v) is 5.46. The second-order valence-corrected chi connectivity index (χ2v) is 7.92. The maximum atomic E-state index is 14.7. The molecule has 1 aliphatic heterocycles. The lowest BCUT2D eigenvalue weighted by Gasteiger charge is -2.31. The molecule has 1 aliphatic rings. The molecule has 0 aromatic carbocycles. The summed E-state index contributed by atoms with van der Waals surface area (Å²) in [6, 6.07) is 1.97. The van der Waals surface area contributed by atoms with Gasteiger partial charge in [0, 0.05) is 19.4 Å². The van der Waals surface area contributed by atoms with Crippen LogP contribution in [0.5, 0.6) is 0 Å². The molecule has 8 nitrogen and oxygen atoms in total. The fourth-order valence-electron chi connectivity index (χ4n) is 3.52. The van der Waals surface area contributed by atoms with Crippen molar-refractivity contribution in [2.45, 2.75) is 64.8 Å². The monoisotopic (exact) mass is 403 g/mol. The van der Waals surface area contributed by atoms with Crippen molar-refractivity contribution in [1.29, 1.82) is 5.26 Å². The van der Waals surface area contributed by atoms with Gasteiger partial charge in [-0.25, -0.2) is 13.9 Å². The van der Waals surface area contributed by atoms with E-state index in [9.17, 15) is 14.4 Å². The highest BCUT2D eigenvalue weighted by Crippen LogP contribution is 2.36. The minimum atomic E-state index is -1.54. The molecule has 3 atom stereocenters. The Hall–Kier alpha value is -2.73. The summed E-state index contributed by atoms with van der Waals surface area (Å²) in [7, 11) is 0. The molecule has 0 bridgehead atoms. The van der Waals surface area contributed by atoms with E-state index in [0.717, 1.165) is 0 Å². The lowest BCUT2D eigenvalue weighted by molar-refractivity contribution is -0.153. The van der Waals surface area contributed by atoms with Crippen LogP contribution in [0.2, 0.25) is 0 Å². The number of nitriles is 1. The quantitative estimate of drug-likeness (QED) is 0.766. The molecular weight excluding hydrogens is 377 g/mol. The first kappa shape index (κ1) is 21.0. The van der Waals surface area contributed by atoms with Gasteiger partial charge in [-0.1, -0.05) is 6.92 Å². The van der Waals surface area contributed by atoms with Gasteiger partial charge in [-0.15, -0.1) is 5.10 Å². The van der Waals surface area contributed by atoms with Gasteiger partial charge in [-0.3, -0.25) is 4.79 Å². The summed E-state index contributed by atoms with van der Waals surface area (Å²) >= 11 is 0. The van der Waals surface area contributed by atoms with Crippen molar-refractivity contribution in [3.05, 3.63) is 23.0 Å². The van der Waals surface area contributed by atoms with Crippen LogP contribution in [0.25, 0.3) is 5.52 Å². The predicted molar refractivity (Wildman–Crippen MR) is 104 cm³/mol. The number of fused-ring (bicyclic) bond motifs is 1.